The van der Waals surface area contributed by atoms with Crippen LogP contribution in [-0.2, 0) is 9.59 Å². The van der Waals surface area contributed by atoms with E-state index in [0.29, 0.717) is 34.8 Å². The molecule has 2 aliphatic rings. The average molecular weight is 463 g/mol. The Morgan fingerprint density at radius 3 is 2.29 bits per heavy atom. The van der Waals surface area contributed by atoms with Crippen LogP contribution in [0.4, 0.5) is 5.69 Å². The Morgan fingerprint density at radius 2 is 1.68 bits per heavy atom. The first-order chi connectivity index (χ1) is 16.4. The van der Waals surface area contributed by atoms with Crippen molar-refractivity contribution in [3.63, 3.8) is 0 Å². The highest BCUT2D eigenvalue weighted by Crippen LogP contribution is 2.47. The number of dihydropyridines is 1. The number of nitrogens with one attached hydrogen (secondary N) is 2. The molecule has 2 N–H and O–H groups in total. The molecular weight excluding hydrogens is 432 g/mol. The Balaban J connectivity index is 1.88. The number of rotatable bonds is 6. The third-order valence-corrected chi connectivity index (χ3v) is 6.43. The zero-order chi connectivity index (χ0) is 24.4. The SMILES string of the molecule is COc1cc([C@@H]2C(C(=O)Nc3ccccc3C)=C(C)NC3=C2C(=O)CCC3)cc(OC)c1OC. The van der Waals surface area contributed by atoms with Crippen LogP contribution in [0.25, 0.3) is 0 Å². The predicted octanol–water partition coefficient (Wildman–Crippen LogP) is 4.63. The van der Waals surface area contributed by atoms with E-state index in [-0.39, 0.29) is 11.7 Å². The highest BCUT2D eigenvalue weighted by molar-refractivity contribution is 6.10. The largest absolute Gasteiger partial charge is 0.493 e. The molecule has 2 aromatic carbocycles. The monoisotopic (exact) mass is 462 g/mol. The second-order valence-corrected chi connectivity index (χ2v) is 8.49. The summed E-state index contributed by atoms with van der Waals surface area (Å²) in [6, 6.07) is 11.2. The van der Waals surface area contributed by atoms with Crippen molar-refractivity contribution in [3.8, 4) is 17.2 Å². The fraction of sp³-hybridized carbons (Fsp3) is 0.333. The molecule has 0 spiro atoms. The van der Waals surface area contributed by atoms with Gasteiger partial charge in [-0.1, -0.05) is 18.2 Å². The van der Waals surface area contributed by atoms with Gasteiger partial charge in [0, 0.05) is 40.6 Å². The number of benzene rings is 2. The van der Waals surface area contributed by atoms with E-state index in [0.717, 1.165) is 41.1 Å². The fourth-order valence-corrected chi connectivity index (χ4v) is 4.79. The number of allylic oxidation sites excluding steroid dienone is 3. The highest BCUT2D eigenvalue weighted by Gasteiger charge is 2.39. The lowest BCUT2D eigenvalue weighted by Crippen LogP contribution is -2.35. The zero-order valence-corrected chi connectivity index (χ0v) is 20.2. The molecule has 0 bridgehead atoms. The van der Waals surface area contributed by atoms with Gasteiger partial charge in [0.15, 0.2) is 17.3 Å². The van der Waals surface area contributed by atoms with Gasteiger partial charge in [0.2, 0.25) is 5.75 Å². The molecule has 178 valence electrons. The van der Waals surface area contributed by atoms with Crippen LogP contribution in [0.15, 0.2) is 58.9 Å². The maximum absolute atomic E-state index is 13.7. The van der Waals surface area contributed by atoms with Crippen molar-refractivity contribution in [1.29, 1.82) is 0 Å². The summed E-state index contributed by atoms with van der Waals surface area (Å²) >= 11 is 0. The van der Waals surface area contributed by atoms with Gasteiger partial charge in [-0.15, -0.1) is 0 Å². The van der Waals surface area contributed by atoms with Gasteiger partial charge >= 0.3 is 0 Å². The topological polar surface area (TPSA) is 85.9 Å². The van der Waals surface area contributed by atoms with Crippen molar-refractivity contribution < 1.29 is 23.8 Å². The first-order valence-corrected chi connectivity index (χ1v) is 11.3. The Labute approximate surface area is 199 Å². The van der Waals surface area contributed by atoms with Crippen LogP contribution in [0, 0.1) is 6.92 Å². The standard InChI is InChI=1S/C27H30N2O5/c1-15-9-6-7-10-18(15)29-27(31)23-16(2)28-19-11-8-12-20(30)25(19)24(23)17-13-21(32-3)26(34-5)22(14-17)33-4/h6-7,9-10,13-14,24,28H,8,11-12H2,1-5H3,(H,29,31)/t24-/m1/s1. The molecule has 1 heterocycles. The maximum Gasteiger partial charge on any atom is 0.254 e. The van der Waals surface area contributed by atoms with Crippen molar-refractivity contribution >= 4 is 17.4 Å². The molecule has 34 heavy (non-hydrogen) atoms. The average Bonchev–Trinajstić information content (AvgIpc) is 2.83. The van der Waals surface area contributed by atoms with Gasteiger partial charge in [0.25, 0.3) is 5.91 Å². The molecule has 1 atom stereocenters. The summed E-state index contributed by atoms with van der Waals surface area (Å²) in [5.41, 5.74) is 5.13. The van der Waals surface area contributed by atoms with Crippen LogP contribution >= 0.6 is 0 Å². The molecule has 0 unspecified atom stereocenters. The molecule has 1 aliphatic carbocycles. The number of carbonyl (C=O) groups is 2. The summed E-state index contributed by atoms with van der Waals surface area (Å²) in [4.78, 5) is 26.9. The summed E-state index contributed by atoms with van der Waals surface area (Å²) in [6.45, 7) is 3.82. The third kappa shape index (κ3) is 4.14. The lowest BCUT2D eigenvalue weighted by Gasteiger charge is -2.35. The lowest BCUT2D eigenvalue weighted by atomic mass is 9.75. The van der Waals surface area contributed by atoms with Crippen LogP contribution in [0.3, 0.4) is 0 Å². The summed E-state index contributed by atoms with van der Waals surface area (Å²) in [5, 5.41) is 6.39. The smallest absolute Gasteiger partial charge is 0.254 e. The van der Waals surface area contributed by atoms with Crippen molar-refractivity contribution in [2.75, 3.05) is 26.6 Å². The number of hydrogen-bond acceptors (Lipinski definition) is 6. The van der Waals surface area contributed by atoms with Gasteiger partial charge in [-0.25, -0.2) is 0 Å². The Bertz CT molecular complexity index is 1190. The molecule has 0 fully saturated rings. The molecule has 1 aliphatic heterocycles. The Kier molecular flexibility index (Phi) is 6.63. The van der Waals surface area contributed by atoms with Crippen LogP contribution in [0.2, 0.25) is 0 Å². The Hall–Kier alpha value is -3.74. The molecule has 7 nitrogen and oxygen atoms in total. The summed E-state index contributed by atoms with van der Waals surface area (Å²) in [6.07, 6.45) is 1.99. The third-order valence-electron chi connectivity index (χ3n) is 6.43. The molecular formula is C27H30N2O5. The Morgan fingerprint density at radius 1 is 1.00 bits per heavy atom. The van der Waals surface area contributed by atoms with E-state index in [4.69, 9.17) is 14.2 Å². The van der Waals surface area contributed by atoms with Crippen LogP contribution in [-0.4, -0.2) is 33.0 Å². The lowest BCUT2D eigenvalue weighted by molar-refractivity contribution is -0.116. The quantitative estimate of drug-likeness (QED) is 0.651. The molecule has 2 aromatic rings. The minimum absolute atomic E-state index is 0.0428. The van der Waals surface area contributed by atoms with Gasteiger partial charge in [-0.3, -0.25) is 9.59 Å². The maximum atomic E-state index is 13.7. The van der Waals surface area contributed by atoms with E-state index < -0.39 is 5.92 Å². The van der Waals surface area contributed by atoms with Gasteiger partial charge in [-0.05, 0) is 56.0 Å². The minimum atomic E-state index is -0.568. The van der Waals surface area contributed by atoms with Crippen molar-refractivity contribution in [2.24, 2.45) is 0 Å². The first-order valence-electron chi connectivity index (χ1n) is 11.3. The van der Waals surface area contributed by atoms with Crippen LogP contribution < -0.4 is 24.8 Å². The molecule has 0 aromatic heterocycles. The summed E-state index contributed by atoms with van der Waals surface area (Å²) in [5.74, 6) is 0.610. The second kappa shape index (κ2) is 9.63. The predicted molar refractivity (Wildman–Crippen MR) is 130 cm³/mol. The number of aryl methyl sites for hydroxylation is 1. The van der Waals surface area contributed by atoms with E-state index >= 15 is 0 Å². The van der Waals surface area contributed by atoms with Gasteiger partial charge in [0.1, 0.15) is 0 Å². The normalized spacial score (nSPS) is 17.7. The number of Topliss-reactive ketones (excluding diaryl/α,β-unsaturated/α-hetero) is 1. The van der Waals surface area contributed by atoms with E-state index in [1.165, 1.54) is 0 Å². The van der Waals surface area contributed by atoms with Crippen molar-refractivity contribution in [3.05, 3.63) is 70.1 Å². The number of ketones is 1. The summed E-state index contributed by atoms with van der Waals surface area (Å²) in [7, 11) is 4.64. The van der Waals surface area contributed by atoms with Gasteiger partial charge in [-0.2, -0.15) is 0 Å². The number of carbonyl (C=O) groups excluding carboxylic acids is 2. The van der Waals surface area contributed by atoms with E-state index in [9.17, 15) is 9.59 Å². The molecule has 0 saturated heterocycles. The molecule has 7 heteroatoms. The van der Waals surface area contributed by atoms with Crippen molar-refractivity contribution in [2.45, 2.75) is 39.0 Å². The summed E-state index contributed by atoms with van der Waals surface area (Å²) < 4.78 is 16.6. The highest BCUT2D eigenvalue weighted by atomic mass is 16.5. The van der Waals surface area contributed by atoms with Crippen LogP contribution in [0.1, 0.15) is 43.2 Å². The second-order valence-electron chi connectivity index (χ2n) is 8.49. The number of para-hydroxylation sites is 1. The number of amides is 1. The van der Waals surface area contributed by atoms with Gasteiger partial charge < -0.3 is 24.8 Å². The number of hydrogen-bond donors (Lipinski definition) is 2. The van der Waals surface area contributed by atoms with Crippen LogP contribution in [0.5, 0.6) is 17.2 Å². The number of ether oxygens (including phenoxy) is 3. The number of anilines is 1. The van der Waals surface area contributed by atoms with E-state index in [2.05, 4.69) is 10.6 Å². The minimum Gasteiger partial charge on any atom is -0.493 e. The molecule has 4 rings (SSSR count). The molecule has 1 amide bonds. The van der Waals surface area contributed by atoms with Gasteiger partial charge in [0.05, 0.1) is 21.3 Å². The zero-order valence-electron chi connectivity index (χ0n) is 20.2. The number of methoxy groups -OCH3 is 3. The van der Waals surface area contributed by atoms with Crippen molar-refractivity contribution in [1.82, 2.24) is 5.32 Å². The van der Waals surface area contributed by atoms with E-state index in [1.54, 1.807) is 21.3 Å². The van der Waals surface area contributed by atoms with E-state index in [1.807, 2.05) is 50.2 Å². The first kappa shape index (κ1) is 23.4. The molecule has 0 radical (unpaired) electrons. The molecule has 0 saturated carbocycles. The fourth-order valence-electron chi connectivity index (χ4n) is 4.79.